The molecule has 5 nitrogen and oxygen atoms in total. The highest BCUT2D eigenvalue weighted by Crippen LogP contribution is 2.24. The first-order valence-electron chi connectivity index (χ1n) is 9.91. The molecule has 1 heterocycles. The molecule has 5 heteroatoms. The molecule has 2 rings (SSSR count). The van der Waals surface area contributed by atoms with Crippen LogP contribution < -0.4 is 15.1 Å². The molecule has 0 radical (unpaired) electrons. The van der Waals surface area contributed by atoms with E-state index in [1.54, 1.807) is 0 Å². The van der Waals surface area contributed by atoms with Gasteiger partial charge in [-0.15, -0.1) is 0 Å². The van der Waals surface area contributed by atoms with Gasteiger partial charge in [0.1, 0.15) is 0 Å². The van der Waals surface area contributed by atoms with Crippen molar-refractivity contribution in [2.45, 2.75) is 47.0 Å². The molecule has 0 saturated carbocycles. The second kappa shape index (κ2) is 11.2. The van der Waals surface area contributed by atoms with Crippen LogP contribution >= 0.6 is 0 Å². The fourth-order valence-electron chi connectivity index (χ4n) is 2.85. The fourth-order valence-corrected chi connectivity index (χ4v) is 2.85. The smallest absolute Gasteiger partial charge is 0.217 e. The zero-order valence-electron chi connectivity index (χ0n) is 17.0. The van der Waals surface area contributed by atoms with Gasteiger partial charge in [0.25, 0.3) is 0 Å². The van der Waals surface area contributed by atoms with Crippen molar-refractivity contribution in [3.63, 3.8) is 0 Å². The van der Waals surface area contributed by atoms with Crippen LogP contribution in [0, 0.1) is 6.92 Å². The molecule has 0 bridgehead atoms. The molecular formula is C22H32N4O. The number of aromatic nitrogens is 1. The molecule has 0 fully saturated rings. The second-order valence-corrected chi connectivity index (χ2v) is 6.67. The van der Waals surface area contributed by atoms with E-state index < -0.39 is 0 Å². The maximum Gasteiger partial charge on any atom is 0.217 e. The summed E-state index contributed by atoms with van der Waals surface area (Å²) in [4.78, 5) is 6.92. The molecule has 0 atom stereocenters. The first-order chi connectivity index (χ1) is 13.2. The average molecular weight is 369 g/mol. The van der Waals surface area contributed by atoms with Crippen LogP contribution in [0.3, 0.4) is 0 Å². The van der Waals surface area contributed by atoms with Gasteiger partial charge in [0.2, 0.25) is 5.88 Å². The maximum absolute atomic E-state index is 5.79. The van der Waals surface area contributed by atoms with Crippen LogP contribution in [-0.4, -0.2) is 30.9 Å². The molecule has 0 spiro atoms. The van der Waals surface area contributed by atoms with E-state index in [-0.39, 0.29) is 0 Å². The van der Waals surface area contributed by atoms with Gasteiger partial charge in [0.05, 0.1) is 12.8 Å². The summed E-state index contributed by atoms with van der Waals surface area (Å²) in [6, 6.07) is 12.3. The van der Waals surface area contributed by atoms with Crippen LogP contribution in [0.5, 0.6) is 5.88 Å². The molecule has 1 aromatic heterocycles. The minimum Gasteiger partial charge on any atom is -0.478 e. The van der Waals surface area contributed by atoms with Gasteiger partial charge in [-0.05, 0) is 31.7 Å². The molecule has 0 aliphatic heterocycles. The van der Waals surface area contributed by atoms with Crippen LogP contribution in [0.1, 0.15) is 51.2 Å². The summed E-state index contributed by atoms with van der Waals surface area (Å²) in [7, 11) is 0. The van der Waals surface area contributed by atoms with Gasteiger partial charge >= 0.3 is 0 Å². The summed E-state index contributed by atoms with van der Waals surface area (Å²) in [5, 5.41) is 4.36. The van der Waals surface area contributed by atoms with Crippen molar-refractivity contribution < 1.29 is 4.74 Å². The molecule has 146 valence electrons. The summed E-state index contributed by atoms with van der Waals surface area (Å²) in [5.41, 5.74) is 6.45. The number of aryl methyl sites for hydroxylation is 1. The number of hydrogen-bond acceptors (Lipinski definition) is 5. The Balaban J connectivity index is 2.20. The van der Waals surface area contributed by atoms with Crippen molar-refractivity contribution in [3.8, 4) is 5.88 Å². The lowest BCUT2D eigenvalue weighted by Crippen LogP contribution is -2.25. The highest BCUT2D eigenvalue weighted by molar-refractivity contribution is 5.80. The third-order valence-corrected chi connectivity index (χ3v) is 4.03. The number of nitrogens with zero attached hydrogens (tertiary/aromatic N) is 3. The third-order valence-electron chi connectivity index (χ3n) is 4.03. The van der Waals surface area contributed by atoms with E-state index in [0.29, 0.717) is 18.3 Å². The van der Waals surface area contributed by atoms with Gasteiger partial charge < -0.3 is 9.64 Å². The van der Waals surface area contributed by atoms with Crippen molar-refractivity contribution in [1.82, 2.24) is 4.98 Å². The Kier molecular flexibility index (Phi) is 8.62. The maximum atomic E-state index is 5.79. The van der Waals surface area contributed by atoms with E-state index in [1.807, 2.05) is 30.5 Å². The molecule has 0 saturated heterocycles. The van der Waals surface area contributed by atoms with Crippen molar-refractivity contribution in [2.24, 2.45) is 5.10 Å². The predicted octanol–water partition coefficient (Wildman–Crippen LogP) is 5.25. The largest absolute Gasteiger partial charge is 0.478 e. The van der Waals surface area contributed by atoms with E-state index >= 15 is 0 Å². The molecule has 2 aromatic rings. The third kappa shape index (κ3) is 6.93. The number of hydrazone groups is 1. The van der Waals surface area contributed by atoms with E-state index in [2.05, 4.69) is 60.2 Å². The summed E-state index contributed by atoms with van der Waals surface area (Å²) >= 11 is 0. The molecule has 1 N–H and O–H groups in total. The number of pyridine rings is 1. The topological polar surface area (TPSA) is 49.8 Å². The SMILES string of the molecule is CCCOc1cc(N(CCC)CCC)cc(N/N=C/c2cccc(C)c2)n1. The van der Waals surface area contributed by atoms with Crippen molar-refractivity contribution in [3.05, 3.63) is 47.5 Å². The monoisotopic (exact) mass is 368 g/mol. The van der Waals surface area contributed by atoms with E-state index in [9.17, 15) is 0 Å². The van der Waals surface area contributed by atoms with Gasteiger partial charge in [-0.1, -0.05) is 50.6 Å². The van der Waals surface area contributed by atoms with Gasteiger partial charge in [-0.25, -0.2) is 0 Å². The zero-order chi connectivity index (χ0) is 19.5. The Morgan fingerprint density at radius 3 is 2.52 bits per heavy atom. The summed E-state index contributed by atoms with van der Waals surface area (Å²) in [6.45, 7) is 11.2. The Morgan fingerprint density at radius 1 is 1.07 bits per heavy atom. The van der Waals surface area contributed by atoms with Crippen LogP contribution in [0.25, 0.3) is 0 Å². The Bertz CT molecular complexity index is 724. The molecule has 0 aliphatic carbocycles. The van der Waals surface area contributed by atoms with Gasteiger partial charge in [-0.3, -0.25) is 5.43 Å². The minimum atomic E-state index is 0.639. The van der Waals surface area contributed by atoms with Gasteiger partial charge in [-0.2, -0.15) is 10.1 Å². The normalized spacial score (nSPS) is 11.0. The molecular weight excluding hydrogens is 336 g/mol. The first-order valence-corrected chi connectivity index (χ1v) is 9.91. The van der Waals surface area contributed by atoms with Crippen LogP contribution in [-0.2, 0) is 0 Å². The van der Waals surface area contributed by atoms with Crippen LogP contribution in [0.2, 0.25) is 0 Å². The Morgan fingerprint density at radius 2 is 1.85 bits per heavy atom. The summed E-state index contributed by atoms with van der Waals surface area (Å²) in [5.74, 6) is 1.33. The number of ether oxygens (including phenoxy) is 1. The van der Waals surface area contributed by atoms with E-state index in [0.717, 1.165) is 43.6 Å². The number of anilines is 2. The molecule has 0 amide bonds. The quantitative estimate of drug-likeness (QED) is 0.435. The lowest BCUT2D eigenvalue weighted by Gasteiger charge is -2.24. The highest BCUT2D eigenvalue weighted by atomic mass is 16.5. The summed E-state index contributed by atoms with van der Waals surface area (Å²) < 4.78 is 5.79. The zero-order valence-corrected chi connectivity index (χ0v) is 17.0. The number of hydrogen-bond donors (Lipinski definition) is 1. The van der Waals surface area contributed by atoms with Crippen LogP contribution in [0.15, 0.2) is 41.5 Å². The fraction of sp³-hybridized carbons (Fsp3) is 0.455. The lowest BCUT2D eigenvalue weighted by atomic mass is 10.2. The first kappa shape index (κ1) is 20.7. The highest BCUT2D eigenvalue weighted by Gasteiger charge is 2.10. The van der Waals surface area contributed by atoms with E-state index in [4.69, 9.17) is 4.74 Å². The van der Waals surface area contributed by atoms with Crippen molar-refractivity contribution >= 4 is 17.7 Å². The van der Waals surface area contributed by atoms with Crippen molar-refractivity contribution in [2.75, 3.05) is 30.0 Å². The standard InChI is InChI=1S/C22H32N4O/c1-5-11-26(12-6-2)20-15-21(24-22(16-20)27-13-7-3)25-23-17-19-10-8-9-18(4)14-19/h8-10,14-17H,5-7,11-13H2,1-4H3,(H,24,25)/b23-17+. The molecule has 1 aromatic carbocycles. The minimum absolute atomic E-state index is 0.639. The number of nitrogens with one attached hydrogen (secondary N) is 1. The summed E-state index contributed by atoms with van der Waals surface area (Å²) in [6.07, 6.45) is 4.96. The predicted molar refractivity (Wildman–Crippen MR) is 115 cm³/mol. The Labute approximate surface area is 163 Å². The van der Waals surface area contributed by atoms with E-state index in [1.165, 1.54) is 5.56 Å². The van der Waals surface area contributed by atoms with Gasteiger partial charge in [0.15, 0.2) is 5.82 Å². The molecule has 0 aliphatic rings. The average Bonchev–Trinajstić information content (AvgIpc) is 2.66. The number of benzene rings is 1. The molecule has 0 unspecified atom stereocenters. The van der Waals surface area contributed by atoms with Crippen molar-refractivity contribution in [1.29, 1.82) is 0 Å². The number of rotatable bonds is 11. The van der Waals surface area contributed by atoms with Crippen LogP contribution in [0.4, 0.5) is 11.5 Å². The second-order valence-electron chi connectivity index (χ2n) is 6.67. The Hall–Kier alpha value is -2.56. The van der Waals surface area contributed by atoms with Gasteiger partial charge in [0, 0.05) is 30.9 Å². The lowest BCUT2D eigenvalue weighted by molar-refractivity contribution is 0.306. The molecule has 27 heavy (non-hydrogen) atoms.